The van der Waals surface area contributed by atoms with Crippen LogP contribution in [0, 0.1) is 20.6 Å². The summed E-state index contributed by atoms with van der Waals surface area (Å²) in [6.45, 7) is -2.59. The van der Waals surface area contributed by atoms with Crippen molar-refractivity contribution >= 4 is 0 Å². The molecule has 0 aliphatic heterocycles. The van der Waals surface area contributed by atoms with Crippen LogP contribution in [0.1, 0.15) is 24.9 Å². The number of rotatable bonds is 1. The maximum absolute atomic E-state index is 7.42. The van der Waals surface area contributed by atoms with Crippen LogP contribution < -0.4 is 0 Å². The molecule has 1 heterocycles. The summed E-state index contributed by atoms with van der Waals surface area (Å²) >= 11 is 0. The van der Waals surface area contributed by atoms with Gasteiger partial charge < -0.3 is 0 Å². The lowest BCUT2D eigenvalue weighted by Crippen LogP contribution is -1.88. The largest absolute Gasteiger partial charge is 0.256 e. The Bertz CT molecular complexity index is 640. The van der Waals surface area contributed by atoms with Crippen molar-refractivity contribution in [1.29, 1.82) is 0 Å². The van der Waals surface area contributed by atoms with Crippen molar-refractivity contribution in [2.75, 3.05) is 0 Å². The van der Waals surface area contributed by atoms with Crippen molar-refractivity contribution in [3.63, 3.8) is 0 Å². The van der Waals surface area contributed by atoms with Gasteiger partial charge in [0.1, 0.15) is 0 Å². The van der Waals surface area contributed by atoms with E-state index in [0.717, 1.165) is 5.56 Å². The third kappa shape index (κ3) is 2.07. The Morgan fingerprint density at radius 1 is 1.07 bits per heavy atom. The lowest BCUT2D eigenvalue weighted by molar-refractivity contribution is 1.22. The summed E-state index contributed by atoms with van der Waals surface area (Å²) < 4.78 is 44.3. The molecular formula is C14H15N. The Morgan fingerprint density at radius 3 is 2.47 bits per heavy atom. The van der Waals surface area contributed by atoms with E-state index < -0.39 is 13.7 Å². The van der Waals surface area contributed by atoms with E-state index in [1.54, 1.807) is 25.1 Å². The van der Waals surface area contributed by atoms with Crippen LogP contribution in [0.2, 0.25) is 0 Å². The topological polar surface area (TPSA) is 12.9 Å². The number of hydrogen-bond donors (Lipinski definition) is 0. The van der Waals surface area contributed by atoms with Crippen LogP contribution in [0.25, 0.3) is 11.3 Å². The quantitative estimate of drug-likeness (QED) is 0.689. The molecule has 2 aromatic rings. The first-order valence-electron chi connectivity index (χ1n) is 7.67. The second-order valence-electron chi connectivity index (χ2n) is 3.46. The SMILES string of the molecule is [2H]C([2H])([2H])c1ccc(-c2cc(C)c(C([2H])([2H])[2H])cn2)cc1. The van der Waals surface area contributed by atoms with Gasteiger partial charge in [-0.2, -0.15) is 0 Å². The van der Waals surface area contributed by atoms with Crippen LogP contribution in [0.5, 0.6) is 0 Å². The molecule has 0 radical (unpaired) electrons. The van der Waals surface area contributed by atoms with E-state index in [9.17, 15) is 0 Å². The molecule has 0 aliphatic rings. The molecule has 0 N–H and O–H groups in total. The number of pyridine rings is 1. The Kier molecular flexibility index (Phi) is 1.27. The van der Waals surface area contributed by atoms with Crippen molar-refractivity contribution < 1.29 is 8.22 Å². The van der Waals surface area contributed by atoms with Crippen molar-refractivity contribution in [3.05, 3.63) is 53.2 Å². The smallest absolute Gasteiger partial charge is 0.0704 e. The Balaban J connectivity index is 2.37. The summed E-state index contributed by atoms with van der Waals surface area (Å²) in [6.07, 6.45) is 1.36. The maximum Gasteiger partial charge on any atom is 0.0704 e. The highest BCUT2D eigenvalue weighted by Gasteiger charge is 2.00. The third-order valence-corrected chi connectivity index (χ3v) is 2.29. The van der Waals surface area contributed by atoms with Gasteiger partial charge in [-0.1, -0.05) is 29.8 Å². The molecule has 1 aromatic carbocycles. The predicted molar refractivity (Wildman–Crippen MR) is 63.9 cm³/mol. The van der Waals surface area contributed by atoms with Crippen LogP contribution in [-0.4, -0.2) is 4.98 Å². The normalized spacial score (nSPS) is 17.9. The Labute approximate surface area is 99.2 Å². The van der Waals surface area contributed by atoms with Gasteiger partial charge in [0.05, 0.1) is 5.69 Å². The fraction of sp³-hybridized carbons (Fsp3) is 0.214. The van der Waals surface area contributed by atoms with Gasteiger partial charge in [-0.3, -0.25) is 4.98 Å². The minimum absolute atomic E-state index is 0.227. The van der Waals surface area contributed by atoms with Gasteiger partial charge in [0.2, 0.25) is 0 Å². The first-order chi connectivity index (χ1) is 9.59. The zero-order valence-corrected chi connectivity index (χ0v) is 8.41. The Hall–Kier alpha value is -1.63. The number of hydrogen-bond acceptors (Lipinski definition) is 1. The zero-order valence-electron chi connectivity index (χ0n) is 14.4. The molecule has 0 atom stereocenters. The second-order valence-corrected chi connectivity index (χ2v) is 3.46. The summed E-state index contributed by atoms with van der Waals surface area (Å²) in [5, 5.41) is 0. The molecular weight excluding hydrogens is 182 g/mol. The zero-order chi connectivity index (χ0) is 15.8. The molecule has 0 bridgehead atoms. The van der Waals surface area contributed by atoms with Gasteiger partial charge in [0.15, 0.2) is 0 Å². The first kappa shape index (κ1) is 4.93. The predicted octanol–water partition coefficient (Wildman–Crippen LogP) is 3.67. The number of aromatic nitrogens is 1. The average Bonchev–Trinajstić information content (AvgIpc) is 2.36. The number of aryl methyl sites for hydroxylation is 3. The van der Waals surface area contributed by atoms with E-state index in [4.69, 9.17) is 8.22 Å². The van der Waals surface area contributed by atoms with Crippen molar-refractivity contribution in [2.24, 2.45) is 0 Å². The molecule has 1 nitrogen and oxygen atoms in total. The molecule has 0 saturated heterocycles. The summed E-state index contributed by atoms with van der Waals surface area (Å²) in [6, 6.07) is 8.14. The molecule has 0 spiro atoms. The van der Waals surface area contributed by atoms with E-state index in [2.05, 4.69) is 4.98 Å². The lowest BCUT2D eigenvalue weighted by atomic mass is 10.1. The van der Waals surface area contributed by atoms with Gasteiger partial charge >= 0.3 is 0 Å². The number of nitrogens with zero attached hydrogens (tertiary/aromatic N) is 1. The van der Waals surface area contributed by atoms with Gasteiger partial charge in [-0.05, 0) is 37.8 Å². The molecule has 0 saturated carbocycles. The van der Waals surface area contributed by atoms with Crippen LogP contribution in [0.3, 0.4) is 0 Å². The molecule has 0 aliphatic carbocycles. The molecule has 0 unspecified atom stereocenters. The van der Waals surface area contributed by atoms with Crippen molar-refractivity contribution in [2.45, 2.75) is 20.6 Å². The first-order valence-corrected chi connectivity index (χ1v) is 4.67. The summed E-state index contributed by atoms with van der Waals surface area (Å²) in [5.74, 6) is 0. The maximum atomic E-state index is 7.42. The minimum Gasteiger partial charge on any atom is -0.256 e. The molecule has 15 heavy (non-hydrogen) atoms. The third-order valence-electron chi connectivity index (χ3n) is 2.29. The standard InChI is InChI=1S/C14H15N/c1-10-4-6-13(7-5-10)14-8-11(2)12(3)9-15-14/h4-9H,1-3H3/i1D3,3D3. The Morgan fingerprint density at radius 2 is 1.87 bits per heavy atom. The molecule has 0 amide bonds. The summed E-state index contributed by atoms with van der Waals surface area (Å²) in [5.41, 5.74) is 2.51. The van der Waals surface area contributed by atoms with Gasteiger partial charge in [0.25, 0.3) is 0 Å². The van der Waals surface area contributed by atoms with Crippen LogP contribution in [0.4, 0.5) is 0 Å². The highest BCUT2D eigenvalue weighted by atomic mass is 14.7. The second kappa shape index (κ2) is 3.85. The monoisotopic (exact) mass is 203 g/mol. The van der Waals surface area contributed by atoms with Crippen molar-refractivity contribution in [1.82, 2.24) is 4.98 Å². The molecule has 76 valence electrons. The van der Waals surface area contributed by atoms with E-state index in [1.807, 2.05) is 0 Å². The van der Waals surface area contributed by atoms with E-state index in [1.165, 1.54) is 18.3 Å². The van der Waals surface area contributed by atoms with Crippen molar-refractivity contribution in [3.8, 4) is 11.3 Å². The minimum atomic E-state index is -2.18. The van der Waals surface area contributed by atoms with E-state index in [0.29, 0.717) is 11.3 Å². The molecule has 2 rings (SSSR count). The summed E-state index contributed by atoms with van der Waals surface area (Å²) in [4.78, 5) is 4.17. The highest BCUT2D eigenvalue weighted by Crippen LogP contribution is 2.19. The highest BCUT2D eigenvalue weighted by molar-refractivity contribution is 5.60. The van der Waals surface area contributed by atoms with E-state index in [-0.39, 0.29) is 11.1 Å². The number of benzene rings is 1. The van der Waals surface area contributed by atoms with Gasteiger partial charge in [-0.25, -0.2) is 0 Å². The molecule has 0 fully saturated rings. The average molecular weight is 203 g/mol. The van der Waals surface area contributed by atoms with Gasteiger partial charge in [0, 0.05) is 20.0 Å². The molecule has 1 aromatic heterocycles. The van der Waals surface area contributed by atoms with E-state index >= 15 is 0 Å². The van der Waals surface area contributed by atoms with Crippen LogP contribution in [0.15, 0.2) is 36.5 Å². The fourth-order valence-corrected chi connectivity index (χ4v) is 1.35. The lowest BCUT2D eigenvalue weighted by Gasteiger charge is -2.04. The van der Waals surface area contributed by atoms with Gasteiger partial charge in [-0.15, -0.1) is 0 Å². The summed E-state index contributed by atoms with van der Waals surface area (Å²) in [7, 11) is 0. The fourth-order valence-electron chi connectivity index (χ4n) is 1.35. The molecule has 1 heteroatoms. The van der Waals surface area contributed by atoms with Crippen LogP contribution in [-0.2, 0) is 0 Å². The van der Waals surface area contributed by atoms with Crippen LogP contribution >= 0.6 is 0 Å².